The number of primary amides is 1. The van der Waals surface area contributed by atoms with Gasteiger partial charge in [-0.05, 0) is 23.7 Å². The van der Waals surface area contributed by atoms with E-state index in [4.69, 9.17) is 10.5 Å². The second-order valence-electron chi connectivity index (χ2n) is 2.68. The van der Waals surface area contributed by atoms with E-state index >= 15 is 0 Å². The lowest BCUT2D eigenvalue weighted by Crippen LogP contribution is -2.22. The maximum absolute atomic E-state index is 10.4. The van der Waals surface area contributed by atoms with E-state index in [9.17, 15) is 4.79 Å². The Morgan fingerprint density at radius 1 is 1.58 bits per heavy atom. The SMILES string of the molecule is CCCC(CCCI)OC(N)=O. The summed E-state index contributed by atoms with van der Waals surface area (Å²) in [6.07, 6.45) is 3.33. The van der Waals surface area contributed by atoms with Crippen LogP contribution in [0.4, 0.5) is 4.79 Å². The average molecular weight is 285 g/mol. The number of rotatable bonds is 6. The van der Waals surface area contributed by atoms with Crippen molar-refractivity contribution < 1.29 is 9.53 Å². The number of carbonyl (C=O) groups is 1. The molecule has 0 saturated heterocycles. The van der Waals surface area contributed by atoms with Gasteiger partial charge < -0.3 is 10.5 Å². The van der Waals surface area contributed by atoms with Crippen LogP contribution < -0.4 is 5.73 Å². The monoisotopic (exact) mass is 285 g/mol. The minimum absolute atomic E-state index is 0.0299. The van der Waals surface area contributed by atoms with Crippen LogP contribution in [-0.2, 0) is 4.74 Å². The lowest BCUT2D eigenvalue weighted by molar-refractivity contribution is 0.0952. The molecule has 0 fully saturated rings. The molecule has 0 aromatic rings. The van der Waals surface area contributed by atoms with E-state index < -0.39 is 6.09 Å². The van der Waals surface area contributed by atoms with Crippen LogP contribution >= 0.6 is 22.6 Å². The van der Waals surface area contributed by atoms with E-state index in [1.165, 1.54) is 0 Å². The van der Waals surface area contributed by atoms with Gasteiger partial charge in [-0.25, -0.2) is 4.79 Å². The van der Waals surface area contributed by atoms with Gasteiger partial charge in [0.15, 0.2) is 0 Å². The zero-order valence-corrected chi connectivity index (χ0v) is 9.54. The normalized spacial score (nSPS) is 12.5. The fraction of sp³-hybridized carbons (Fsp3) is 0.875. The van der Waals surface area contributed by atoms with Gasteiger partial charge in [-0.1, -0.05) is 35.9 Å². The second kappa shape index (κ2) is 7.64. The molecule has 0 bridgehead atoms. The third-order valence-electron chi connectivity index (χ3n) is 1.55. The van der Waals surface area contributed by atoms with Crippen LogP contribution in [-0.4, -0.2) is 16.6 Å². The van der Waals surface area contributed by atoms with E-state index in [1.54, 1.807) is 0 Å². The summed E-state index contributed by atoms with van der Waals surface area (Å²) in [5.41, 5.74) is 4.93. The lowest BCUT2D eigenvalue weighted by atomic mass is 10.1. The summed E-state index contributed by atoms with van der Waals surface area (Å²) in [4.78, 5) is 10.4. The minimum Gasteiger partial charge on any atom is -0.446 e. The maximum Gasteiger partial charge on any atom is 0.404 e. The van der Waals surface area contributed by atoms with E-state index in [-0.39, 0.29) is 6.10 Å². The number of hydrogen-bond donors (Lipinski definition) is 1. The van der Waals surface area contributed by atoms with Gasteiger partial charge >= 0.3 is 6.09 Å². The summed E-state index contributed by atoms with van der Waals surface area (Å²) >= 11 is 2.31. The molecule has 0 radical (unpaired) electrons. The van der Waals surface area contributed by atoms with Crippen molar-refractivity contribution in [2.45, 2.75) is 38.7 Å². The summed E-state index contributed by atoms with van der Waals surface area (Å²) in [5.74, 6) is 0. The van der Waals surface area contributed by atoms with Gasteiger partial charge in [0.2, 0.25) is 0 Å². The van der Waals surface area contributed by atoms with Crippen molar-refractivity contribution in [1.82, 2.24) is 0 Å². The molecule has 1 amide bonds. The molecule has 0 saturated carbocycles. The highest BCUT2D eigenvalue weighted by molar-refractivity contribution is 14.1. The molecule has 0 heterocycles. The first-order valence-electron chi connectivity index (χ1n) is 4.22. The highest BCUT2D eigenvalue weighted by atomic mass is 127. The Labute approximate surface area is 87.2 Å². The fourth-order valence-electron chi connectivity index (χ4n) is 1.05. The van der Waals surface area contributed by atoms with Gasteiger partial charge in [0.1, 0.15) is 6.10 Å². The van der Waals surface area contributed by atoms with Crippen molar-refractivity contribution in [2.24, 2.45) is 5.73 Å². The first-order chi connectivity index (χ1) is 5.70. The summed E-state index contributed by atoms with van der Waals surface area (Å²) < 4.78 is 6.03. The molecule has 1 unspecified atom stereocenters. The Bertz CT molecular complexity index is 130. The van der Waals surface area contributed by atoms with Gasteiger partial charge in [0, 0.05) is 0 Å². The molecule has 0 spiro atoms. The van der Waals surface area contributed by atoms with Gasteiger partial charge in [-0.3, -0.25) is 0 Å². The highest BCUT2D eigenvalue weighted by Gasteiger charge is 2.09. The van der Waals surface area contributed by atoms with Crippen LogP contribution in [0.3, 0.4) is 0 Å². The van der Waals surface area contributed by atoms with E-state index in [0.29, 0.717) is 0 Å². The number of hydrogen-bond acceptors (Lipinski definition) is 2. The number of halogens is 1. The van der Waals surface area contributed by atoms with E-state index in [1.807, 2.05) is 0 Å². The van der Waals surface area contributed by atoms with Crippen molar-refractivity contribution in [1.29, 1.82) is 0 Å². The summed E-state index contributed by atoms with van der Waals surface area (Å²) in [5, 5.41) is 0. The molecule has 3 nitrogen and oxygen atoms in total. The van der Waals surface area contributed by atoms with Crippen LogP contribution in [0.1, 0.15) is 32.6 Å². The summed E-state index contributed by atoms with van der Waals surface area (Å²) in [7, 11) is 0. The molecule has 0 aromatic carbocycles. The van der Waals surface area contributed by atoms with Crippen LogP contribution in [0.5, 0.6) is 0 Å². The Hall–Kier alpha value is 0. The van der Waals surface area contributed by atoms with Crippen molar-refractivity contribution in [3.8, 4) is 0 Å². The minimum atomic E-state index is -0.651. The number of carbonyl (C=O) groups excluding carboxylic acids is 1. The Morgan fingerprint density at radius 2 is 2.25 bits per heavy atom. The summed E-state index contributed by atoms with van der Waals surface area (Å²) in [6.45, 7) is 2.07. The van der Waals surface area contributed by atoms with Crippen LogP contribution in [0.15, 0.2) is 0 Å². The van der Waals surface area contributed by atoms with Gasteiger partial charge in [-0.15, -0.1) is 0 Å². The predicted octanol–water partition coefficient (Wildman–Crippen LogP) is 2.47. The molecule has 0 aromatic heterocycles. The van der Waals surface area contributed by atoms with Gasteiger partial charge in [0.25, 0.3) is 0 Å². The molecular weight excluding hydrogens is 269 g/mol. The molecule has 72 valence electrons. The molecule has 0 aliphatic heterocycles. The van der Waals surface area contributed by atoms with Gasteiger partial charge in [0.05, 0.1) is 0 Å². The predicted molar refractivity (Wildman–Crippen MR) is 57.5 cm³/mol. The van der Waals surface area contributed by atoms with Crippen molar-refractivity contribution in [3.05, 3.63) is 0 Å². The third kappa shape index (κ3) is 6.69. The number of ether oxygens (including phenoxy) is 1. The number of alkyl halides is 1. The topological polar surface area (TPSA) is 52.3 Å². The largest absolute Gasteiger partial charge is 0.446 e. The Balaban J connectivity index is 3.61. The Morgan fingerprint density at radius 3 is 2.67 bits per heavy atom. The molecule has 0 aliphatic rings. The average Bonchev–Trinajstić information content (AvgIpc) is 2.00. The smallest absolute Gasteiger partial charge is 0.404 e. The van der Waals surface area contributed by atoms with Crippen LogP contribution in [0.2, 0.25) is 0 Å². The van der Waals surface area contributed by atoms with E-state index in [0.717, 1.165) is 30.1 Å². The van der Waals surface area contributed by atoms with Crippen molar-refractivity contribution in [3.63, 3.8) is 0 Å². The maximum atomic E-state index is 10.4. The Kier molecular flexibility index (Phi) is 7.64. The lowest BCUT2D eigenvalue weighted by Gasteiger charge is -2.14. The molecular formula is C8H16INO2. The molecule has 12 heavy (non-hydrogen) atoms. The first-order valence-corrected chi connectivity index (χ1v) is 5.75. The second-order valence-corrected chi connectivity index (χ2v) is 3.76. The molecule has 0 aliphatic carbocycles. The fourth-order valence-corrected chi connectivity index (χ4v) is 1.49. The van der Waals surface area contributed by atoms with E-state index in [2.05, 4.69) is 29.5 Å². The molecule has 4 heteroatoms. The van der Waals surface area contributed by atoms with Crippen LogP contribution in [0, 0.1) is 0 Å². The standard InChI is InChI=1S/C8H16INO2/c1-2-4-7(5-3-6-9)12-8(10)11/h7H,2-6H2,1H3,(H2,10,11). The van der Waals surface area contributed by atoms with Crippen LogP contribution in [0.25, 0.3) is 0 Å². The van der Waals surface area contributed by atoms with Gasteiger partial charge in [-0.2, -0.15) is 0 Å². The first kappa shape index (κ1) is 12.0. The zero-order chi connectivity index (χ0) is 9.40. The zero-order valence-electron chi connectivity index (χ0n) is 7.38. The molecule has 1 atom stereocenters. The molecule has 2 N–H and O–H groups in total. The quantitative estimate of drug-likeness (QED) is 0.602. The molecule has 0 rings (SSSR count). The number of amides is 1. The number of nitrogens with two attached hydrogens (primary N) is 1. The van der Waals surface area contributed by atoms with Crippen molar-refractivity contribution in [2.75, 3.05) is 4.43 Å². The third-order valence-corrected chi connectivity index (χ3v) is 2.32. The summed E-state index contributed by atoms with van der Waals surface area (Å²) in [6, 6.07) is 0. The van der Waals surface area contributed by atoms with Crippen molar-refractivity contribution >= 4 is 28.7 Å². The highest BCUT2D eigenvalue weighted by Crippen LogP contribution is 2.10.